The van der Waals surface area contributed by atoms with Crippen LogP contribution in [0.4, 0.5) is 5.69 Å². The molecule has 0 unspecified atom stereocenters. The maximum Gasteiger partial charge on any atom is 0.138 e. The third-order valence-corrected chi connectivity index (χ3v) is 4.75. The molecular formula is C22H15Cl2NO2. The molecule has 5 heteroatoms. The van der Waals surface area contributed by atoms with E-state index >= 15 is 0 Å². The maximum atomic E-state index is 6.36. The second kappa shape index (κ2) is 7.47. The lowest BCUT2D eigenvalue weighted by Gasteiger charge is -2.08. The van der Waals surface area contributed by atoms with E-state index in [9.17, 15) is 0 Å². The number of nitrogens with zero attached hydrogens (tertiary/aromatic N) is 1. The van der Waals surface area contributed by atoms with E-state index in [2.05, 4.69) is 0 Å². The van der Waals surface area contributed by atoms with Gasteiger partial charge in [0.15, 0.2) is 0 Å². The average molecular weight is 396 g/mol. The molecule has 0 fully saturated rings. The van der Waals surface area contributed by atoms with Crippen molar-refractivity contribution in [1.82, 2.24) is 0 Å². The Balaban J connectivity index is 2.01. The van der Waals surface area contributed by atoms with Gasteiger partial charge >= 0.3 is 0 Å². The minimum Gasteiger partial charge on any atom is -0.497 e. The zero-order valence-electron chi connectivity index (χ0n) is 14.4. The summed E-state index contributed by atoms with van der Waals surface area (Å²) in [6, 6.07) is 22.4. The largest absolute Gasteiger partial charge is 0.497 e. The molecule has 27 heavy (non-hydrogen) atoms. The van der Waals surface area contributed by atoms with Crippen LogP contribution in [0.5, 0.6) is 5.75 Å². The van der Waals surface area contributed by atoms with Crippen molar-refractivity contribution in [3.63, 3.8) is 0 Å². The number of halogens is 2. The minimum atomic E-state index is 0.617. The smallest absolute Gasteiger partial charge is 0.138 e. The topological polar surface area (TPSA) is 34.7 Å². The van der Waals surface area contributed by atoms with Crippen molar-refractivity contribution in [3.8, 4) is 17.1 Å². The minimum absolute atomic E-state index is 0.617. The highest BCUT2D eigenvalue weighted by atomic mass is 35.5. The lowest BCUT2D eigenvalue weighted by Crippen LogP contribution is -2.03. The molecule has 0 radical (unpaired) electrons. The first kappa shape index (κ1) is 17.7. The summed E-state index contributed by atoms with van der Waals surface area (Å²) >= 11 is 12.3. The average Bonchev–Trinajstić information content (AvgIpc) is 2.69. The van der Waals surface area contributed by atoms with Crippen LogP contribution < -0.4 is 10.1 Å². The SMILES string of the molecule is COc1ccc2oc(-c3ccccc3Cl)cc(=Nc3ccc(Cl)cc3)c2c1. The predicted octanol–water partition coefficient (Wildman–Crippen LogP) is 6.65. The Bertz CT molecular complexity index is 1180. The van der Waals surface area contributed by atoms with Gasteiger partial charge in [0.2, 0.25) is 0 Å². The van der Waals surface area contributed by atoms with Crippen molar-refractivity contribution < 1.29 is 9.15 Å². The molecule has 3 nitrogen and oxygen atoms in total. The van der Waals surface area contributed by atoms with E-state index in [4.69, 9.17) is 37.3 Å². The van der Waals surface area contributed by atoms with E-state index in [1.807, 2.05) is 72.8 Å². The van der Waals surface area contributed by atoms with Crippen molar-refractivity contribution >= 4 is 39.9 Å². The Morgan fingerprint density at radius 3 is 2.41 bits per heavy atom. The Kier molecular flexibility index (Phi) is 4.88. The summed E-state index contributed by atoms with van der Waals surface area (Å²) in [6.45, 7) is 0. The highest BCUT2D eigenvalue weighted by Crippen LogP contribution is 2.30. The molecule has 1 heterocycles. The standard InChI is InChI=1S/C22H15Cl2NO2/c1-26-16-10-11-21-18(12-16)20(25-15-8-6-14(23)7-9-15)13-22(27-21)17-4-2-3-5-19(17)24/h2-13H,1H3. The van der Waals surface area contributed by atoms with Gasteiger partial charge < -0.3 is 9.15 Å². The van der Waals surface area contributed by atoms with Gasteiger partial charge in [-0.2, -0.15) is 0 Å². The molecule has 0 saturated carbocycles. The highest BCUT2D eigenvalue weighted by Gasteiger charge is 2.10. The predicted molar refractivity (Wildman–Crippen MR) is 110 cm³/mol. The monoisotopic (exact) mass is 395 g/mol. The fourth-order valence-electron chi connectivity index (χ4n) is 2.82. The van der Waals surface area contributed by atoms with Crippen LogP contribution in [0, 0.1) is 0 Å². The molecule has 0 amide bonds. The molecule has 0 aliphatic heterocycles. The molecule has 0 aliphatic carbocycles. The number of benzene rings is 3. The number of ether oxygens (including phenoxy) is 1. The van der Waals surface area contributed by atoms with Crippen molar-refractivity contribution in [2.45, 2.75) is 0 Å². The van der Waals surface area contributed by atoms with Crippen molar-refractivity contribution in [3.05, 3.63) is 88.2 Å². The Morgan fingerprint density at radius 2 is 1.67 bits per heavy atom. The molecule has 0 spiro atoms. The summed E-state index contributed by atoms with van der Waals surface area (Å²) in [7, 11) is 1.63. The lowest BCUT2D eigenvalue weighted by atomic mass is 10.1. The van der Waals surface area contributed by atoms with E-state index < -0.39 is 0 Å². The first-order valence-corrected chi connectivity index (χ1v) is 9.07. The third kappa shape index (κ3) is 3.70. The van der Waals surface area contributed by atoms with Crippen LogP contribution in [0.15, 0.2) is 82.2 Å². The van der Waals surface area contributed by atoms with E-state index in [0.717, 1.165) is 27.7 Å². The molecule has 0 aliphatic rings. The summed E-state index contributed by atoms with van der Waals surface area (Å²) in [5.41, 5.74) is 2.30. The Hall–Kier alpha value is -2.75. The van der Waals surface area contributed by atoms with Crippen LogP contribution in [0.2, 0.25) is 10.0 Å². The second-order valence-corrected chi connectivity index (χ2v) is 6.77. The van der Waals surface area contributed by atoms with E-state index in [-0.39, 0.29) is 0 Å². The molecule has 0 N–H and O–H groups in total. The second-order valence-electron chi connectivity index (χ2n) is 5.93. The van der Waals surface area contributed by atoms with Gasteiger partial charge in [-0.05, 0) is 54.6 Å². The van der Waals surface area contributed by atoms with E-state index in [1.165, 1.54) is 0 Å². The van der Waals surface area contributed by atoms with Gasteiger partial charge in [0.25, 0.3) is 0 Å². The van der Waals surface area contributed by atoms with E-state index in [1.54, 1.807) is 7.11 Å². The summed E-state index contributed by atoms with van der Waals surface area (Å²) in [6.07, 6.45) is 0. The third-order valence-electron chi connectivity index (χ3n) is 4.17. The summed E-state index contributed by atoms with van der Waals surface area (Å²) in [5.74, 6) is 1.38. The molecule has 0 bridgehead atoms. The van der Waals surface area contributed by atoms with Crippen LogP contribution in [0.1, 0.15) is 0 Å². The molecular weight excluding hydrogens is 381 g/mol. The molecule has 134 valence electrons. The quantitative estimate of drug-likeness (QED) is 0.389. The van der Waals surface area contributed by atoms with Gasteiger partial charge in [-0.25, -0.2) is 4.99 Å². The lowest BCUT2D eigenvalue weighted by molar-refractivity contribution is 0.415. The van der Waals surface area contributed by atoms with Gasteiger partial charge in [-0.15, -0.1) is 0 Å². The van der Waals surface area contributed by atoms with Crippen molar-refractivity contribution in [1.29, 1.82) is 0 Å². The van der Waals surface area contributed by atoms with Crippen LogP contribution in [-0.4, -0.2) is 7.11 Å². The maximum absolute atomic E-state index is 6.36. The van der Waals surface area contributed by atoms with Gasteiger partial charge in [0.1, 0.15) is 17.1 Å². The van der Waals surface area contributed by atoms with Gasteiger partial charge in [0.05, 0.1) is 23.2 Å². The van der Waals surface area contributed by atoms with Gasteiger partial charge in [-0.3, -0.25) is 0 Å². The van der Waals surface area contributed by atoms with Crippen LogP contribution in [0.3, 0.4) is 0 Å². The molecule has 1 aromatic heterocycles. The molecule has 4 rings (SSSR count). The van der Waals surface area contributed by atoms with E-state index in [0.29, 0.717) is 21.4 Å². The van der Waals surface area contributed by atoms with Gasteiger partial charge in [-0.1, -0.05) is 35.3 Å². The van der Waals surface area contributed by atoms with Gasteiger partial charge in [0, 0.05) is 22.0 Å². The Labute approximate surface area is 166 Å². The molecule has 0 saturated heterocycles. The summed E-state index contributed by atoms with van der Waals surface area (Å²) in [4.78, 5) is 4.78. The normalized spacial score (nSPS) is 11.7. The highest BCUT2D eigenvalue weighted by molar-refractivity contribution is 6.33. The number of hydrogen-bond donors (Lipinski definition) is 0. The number of fused-ring (bicyclic) bond motifs is 1. The van der Waals surface area contributed by atoms with Crippen molar-refractivity contribution in [2.75, 3.05) is 7.11 Å². The number of hydrogen-bond acceptors (Lipinski definition) is 3. The fraction of sp³-hybridized carbons (Fsp3) is 0.0455. The molecule has 3 aromatic carbocycles. The fourth-order valence-corrected chi connectivity index (χ4v) is 3.17. The van der Waals surface area contributed by atoms with Crippen LogP contribution >= 0.6 is 23.2 Å². The van der Waals surface area contributed by atoms with Crippen LogP contribution in [0.25, 0.3) is 22.3 Å². The first-order valence-electron chi connectivity index (χ1n) is 8.31. The van der Waals surface area contributed by atoms with Crippen molar-refractivity contribution in [2.24, 2.45) is 4.99 Å². The summed E-state index contributed by atoms with van der Waals surface area (Å²) < 4.78 is 11.5. The number of methoxy groups -OCH3 is 1. The summed E-state index contributed by atoms with van der Waals surface area (Å²) in [5, 5.41) is 2.89. The zero-order chi connectivity index (χ0) is 18.8. The Morgan fingerprint density at radius 1 is 0.889 bits per heavy atom. The molecule has 0 atom stereocenters. The zero-order valence-corrected chi connectivity index (χ0v) is 16.0. The number of rotatable bonds is 3. The van der Waals surface area contributed by atoms with Crippen LogP contribution in [-0.2, 0) is 0 Å². The molecule has 4 aromatic rings. The first-order chi connectivity index (χ1) is 13.1.